The van der Waals surface area contributed by atoms with Gasteiger partial charge in [-0.1, -0.05) is 6.07 Å². The van der Waals surface area contributed by atoms with Crippen LogP contribution in [-0.4, -0.2) is 48.3 Å². The van der Waals surface area contributed by atoms with Crippen LogP contribution in [0.5, 0.6) is 11.5 Å². The number of carbonyl (C=O) groups excluding carboxylic acids is 2. The minimum absolute atomic E-state index is 0.124. The van der Waals surface area contributed by atoms with E-state index >= 15 is 0 Å². The van der Waals surface area contributed by atoms with Crippen molar-refractivity contribution in [3.63, 3.8) is 0 Å². The van der Waals surface area contributed by atoms with Gasteiger partial charge < -0.3 is 29.4 Å². The first-order valence-corrected chi connectivity index (χ1v) is 8.42. The summed E-state index contributed by atoms with van der Waals surface area (Å²) in [5, 5.41) is 12.9. The number of aliphatic hydroxyl groups excluding tert-OH is 1. The summed E-state index contributed by atoms with van der Waals surface area (Å²) in [5.41, 5.74) is 0.0427. The average molecular weight is 367 g/mol. The normalized spacial score (nSPS) is 15.1. The van der Waals surface area contributed by atoms with Crippen LogP contribution in [0.4, 0.5) is 4.79 Å². The van der Waals surface area contributed by atoms with E-state index < -0.39 is 29.8 Å². The molecule has 8 heteroatoms. The van der Waals surface area contributed by atoms with Crippen molar-refractivity contribution in [1.29, 1.82) is 0 Å². The van der Waals surface area contributed by atoms with Crippen molar-refractivity contribution in [2.75, 3.05) is 13.4 Å². The zero-order valence-electron chi connectivity index (χ0n) is 15.4. The number of fused-ring (bicyclic) bond motifs is 1. The fourth-order valence-electron chi connectivity index (χ4n) is 2.41. The molecule has 0 aromatic heterocycles. The van der Waals surface area contributed by atoms with Gasteiger partial charge in [0.05, 0.1) is 12.6 Å². The number of carbonyl (C=O) groups is 2. The van der Waals surface area contributed by atoms with Gasteiger partial charge in [-0.05, 0) is 51.8 Å². The third-order valence-corrected chi connectivity index (χ3v) is 3.50. The number of hydrogen-bond donors (Lipinski definition) is 2. The zero-order chi connectivity index (χ0) is 19.3. The van der Waals surface area contributed by atoms with Crippen molar-refractivity contribution in [3.05, 3.63) is 23.8 Å². The van der Waals surface area contributed by atoms with Crippen molar-refractivity contribution in [3.8, 4) is 11.5 Å². The lowest BCUT2D eigenvalue weighted by molar-refractivity contribution is -0.154. The van der Waals surface area contributed by atoms with E-state index in [4.69, 9.17) is 18.9 Å². The summed E-state index contributed by atoms with van der Waals surface area (Å²) in [7, 11) is 0. The number of ether oxygens (including phenoxy) is 4. The molecule has 1 aliphatic heterocycles. The van der Waals surface area contributed by atoms with E-state index in [9.17, 15) is 14.7 Å². The third-order valence-electron chi connectivity index (χ3n) is 3.50. The highest BCUT2D eigenvalue weighted by Crippen LogP contribution is 2.32. The molecular formula is C18H25NO7. The number of nitrogens with one attached hydrogen (secondary N) is 1. The Kier molecular flexibility index (Phi) is 6.31. The third kappa shape index (κ3) is 5.52. The lowest BCUT2D eigenvalue weighted by atomic mass is 10.0. The molecule has 0 saturated heterocycles. The first kappa shape index (κ1) is 19.8. The summed E-state index contributed by atoms with van der Waals surface area (Å²) in [6.45, 7) is 7.07. The molecule has 8 nitrogen and oxygen atoms in total. The maximum Gasteiger partial charge on any atom is 0.407 e. The van der Waals surface area contributed by atoms with E-state index in [1.807, 2.05) is 0 Å². The van der Waals surface area contributed by atoms with Crippen LogP contribution in [0.3, 0.4) is 0 Å². The van der Waals surface area contributed by atoms with Gasteiger partial charge >= 0.3 is 12.1 Å². The molecule has 1 aromatic carbocycles. The Hall–Kier alpha value is -2.48. The average Bonchev–Trinajstić information content (AvgIpc) is 2.99. The van der Waals surface area contributed by atoms with Crippen LogP contribution in [0.15, 0.2) is 18.2 Å². The Morgan fingerprint density at radius 2 is 1.96 bits per heavy atom. The number of esters is 1. The van der Waals surface area contributed by atoms with Crippen molar-refractivity contribution >= 4 is 12.1 Å². The molecule has 2 atom stereocenters. The molecule has 144 valence electrons. The number of hydrogen-bond acceptors (Lipinski definition) is 7. The Morgan fingerprint density at radius 3 is 2.62 bits per heavy atom. The highest BCUT2D eigenvalue weighted by atomic mass is 16.7. The van der Waals surface area contributed by atoms with Crippen molar-refractivity contribution in [1.82, 2.24) is 5.32 Å². The number of rotatable bonds is 6. The van der Waals surface area contributed by atoms with Crippen LogP contribution in [0.1, 0.15) is 33.3 Å². The lowest BCUT2D eigenvalue weighted by Crippen LogP contribution is -2.50. The molecular weight excluding hydrogens is 342 g/mol. The fourth-order valence-corrected chi connectivity index (χ4v) is 2.41. The second-order valence-electron chi connectivity index (χ2n) is 6.84. The Bertz CT molecular complexity index is 653. The van der Waals surface area contributed by atoms with E-state index in [1.54, 1.807) is 45.9 Å². The molecule has 0 fully saturated rings. The first-order chi connectivity index (χ1) is 12.2. The van der Waals surface area contributed by atoms with Crippen LogP contribution in [0.2, 0.25) is 0 Å². The van der Waals surface area contributed by atoms with Gasteiger partial charge in [0.2, 0.25) is 6.79 Å². The Morgan fingerprint density at radius 1 is 1.27 bits per heavy atom. The predicted octanol–water partition coefficient (Wildman–Crippen LogP) is 1.78. The largest absolute Gasteiger partial charge is 0.464 e. The standard InChI is InChI=1S/C18H25NO7/c1-5-23-16(21)15(20)12(19-17(22)26-18(2,3)4)8-11-6-7-13-14(9-11)25-10-24-13/h6-7,9,12,15,20H,5,8,10H2,1-4H3,(H,19,22). The number of benzene rings is 1. The zero-order valence-corrected chi connectivity index (χ0v) is 15.4. The molecule has 0 bridgehead atoms. The molecule has 2 unspecified atom stereocenters. The van der Waals surface area contributed by atoms with Crippen molar-refractivity contribution in [2.45, 2.75) is 51.9 Å². The van der Waals surface area contributed by atoms with Crippen molar-refractivity contribution < 1.29 is 33.6 Å². The maximum atomic E-state index is 12.1. The van der Waals surface area contributed by atoms with E-state index in [-0.39, 0.29) is 19.8 Å². The highest BCUT2D eigenvalue weighted by Gasteiger charge is 2.31. The van der Waals surface area contributed by atoms with E-state index in [0.717, 1.165) is 5.56 Å². The second-order valence-corrected chi connectivity index (χ2v) is 6.84. The molecule has 1 aromatic rings. The molecule has 1 heterocycles. The number of alkyl carbamates (subject to hydrolysis) is 1. The topological polar surface area (TPSA) is 103 Å². The second kappa shape index (κ2) is 8.27. The van der Waals surface area contributed by atoms with Crippen LogP contribution < -0.4 is 14.8 Å². The SMILES string of the molecule is CCOC(=O)C(O)C(Cc1ccc2c(c1)OCO2)NC(=O)OC(C)(C)C. The fraction of sp³-hybridized carbons (Fsp3) is 0.556. The van der Waals surface area contributed by atoms with Crippen molar-refractivity contribution in [2.24, 2.45) is 0 Å². The van der Waals surface area contributed by atoms with Gasteiger partial charge in [-0.2, -0.15) is 0 Å². The Balaban J connectivity index is 2.14. The summed E-state index contributed by atoms with van der Waals surface area (Å²) in [5.74, 6) is 0.384. The quantitative estimate of drug-likeness (QED) is 0.739. The van der Waals surface area contributed by atoms with E-state index in [0.29, 0.717) is 11.5 Å². The van der Waals surface area contributed by atoms with Crippen LogP contribution in [-0.2, 0) is 20.7 Å². The predicted molar refractivity (Wildman–Crippen MR) is 92.1 cm³/mol. The molecule has 0 radical (unpaired) electrons. The molecule has 2 N–H and O–H groups in total. The summed E-state index contributed by atoms with van der Waals surface area (Å²) in [6.07, 6.45) is -2.09. The monoisotopic (exact) mass is 367 g/mol. The molecule has 0 spiro atoms. The summed E-state index contributed by atoms with van der Waals surface area (Å²) >= 11 is 0. The highest BCUT2D eigenvalue weighted by molar-refractivity contribution is 5.77. The smallest absolute Gasteiger partial charge is 0.407 e. The van der Waals surface area contributed by atoms with Gasteiger partial charge in [-0.15, -0.1) is 0 Å². The van der Waals surface area contributed by atoms with Gasteiger partial charge in [0.25, 0.3) is 0 Å². The first-order valence-electron chi connectivity index (χ1n) is 8.42. The van der Waals surface area contributed by atoms with Gasteiger partial charge in [0.1, 0.15) is 5.60 Å². The molecule has 0 aliphatic carbocycles. The summed E-state index contributed by atoms with van der Waals surface area (Å²) in [6, 6.07) is 4.32. The molecule has 1 aliphatic rings. The van der Waals surface area contributed by atoms with E-state index in [1.165, 1.54) is 0 Å². The van der Waals surface area contributed by atoms with Gasteiger partial charge in [-0.25, -0.2) is 9.59 Å². The number of aliphatic hydroxyl groups is 1. The van der Waals surface area contributed by atoms with Gasteiger partial charge in [0.15, 0.2) is 17.6 Å². The van der Waals surface area contributed by atoms with Crippen LogP contribution in [0, 0.1) is 0 Å². The van der Waals surface area contributed by atoms with Crippen LogP contribution in [0.25, 0.3) is 0 Å². The summed E-state index contributed by atoms with van der Waals surface area (Å²) < 4.78 is 20.7. The van der Waals surface area contributed by atoms with Gasteiger partial charge in [-0.3, -0.25) is 0 Å². The Labute approximate surface area is 152 Å². The van der Waals surface area contributed by atoms with Crippen LogP contribution >= 0.6 is 0 Å². The van der Waals surface area contributed by atoms with Gasteiger partial charge in [0, 0.05) is 0 Å². The maximum absolute atomic E-state index is 12.1. The molecule has 26 heavy (non-hydrogen) atoms. The molecule has 2 rings (SSSR count). The molecule has 1 amide bonds. The lowest BCUT2D eigenvalue weighted by Gasteiger charge is -2.26. The minimum atomic E-state index is -1.53. The minimum Gasteiger partial charge on any atom is -0.464 e. The molecule has 0 saturated carbocycles. The number of amides is 1. The van der Waals surface area contributed by atoms with E-state index in [2.05, 4.69) is 5.32 Å². The summed E-state index contributed by atoms with van der Waals surface area (Å²) in [4.78, 5) is 24.0.